The van der Waals surface area contributed by atoms with Gasteiger partial charge in [-0.3, -0.25) is 4.79 Å². The summed E-state index contributed by atoms with van der Waals surface area (Å²) in [6.45, 7) is 5.10. The van der Waals surface area contributed by atoms with Gasteiger partial charge < -0.3 is 10.6 Å². The monoisotopic (exact) mass is 240 g/mol. The topological polar surface area (TPSA) is 46.3 Å². The highest BCUT2D eigenvalue weighted by Gasteiger charge is 2.22. The predicted octanol–water partition coefficient (Wildman–Crippen LogP) is 2.40. The molecule has 0 unspecified atom stereocenters. The van der Waals surface area contributed by atoms with Crippen molar-refractivity contribution >= 4 is 5.91 Å². The van der Waals surface area contributed by atoms with Crippen LogP contribution in [0.25, 0.3) is 0 Å². The van der Waals surface area contributed by atoms with Gasteiger partial charge in [-0.25, -0.2) is 0 Å². The number of amides is 1. The maximum atomic E-state index is 12.1. The fourth-order valence-corrected chi connectivity index (χ4v) is 2.74. The van der Waals surface area contributed by atoms with Crippen LogP contribution in [0.5, 0.6) is 0 Å². The number of nitrogens with zero attached hydrogens (tertiary/aromatic N) is 1. The van der Waals surface area contributed by atoms with Crippen molar-refractivity contribution < 1.29 is 4.79 Å². The number of rotatable bonds is 5. The Kier molecular flexibility index (Phi) is 5.96. The summed E-state index contributed by atoms with van der Waals surface area (Å²) in [6, 6.07) is -0.316. The summed E-state index contributed by atoms with van der Waals surface area (Å²) in [4.78, 5) is 13.9. The molecule has 0 heterocycles. The van der Waals surface area contributed by atoms with Crippen LogP contribution in [0.3, 0.4) is 0 Å². The summed E-state index contributed by atoms with van der Waals surface area (Å²) in [6.07, 6.45) is 7.35. The molecule has 100 valence electrons. The molecule has 2 N–H and O–H groups in total. The first-order valence-electron chi connectivity index (χ1n) is 7.01. The summed E-state index contributed by atoms with van der Waals surface area (Å²) < 4.78 is 0. The zero-order chi connectivity index (χ0) is 12.8. The van der Waals surface area contributed by atoms with Gasteiger partial charge in [-0.1, -0.05) is 33.1 Å². The van der Waals surface area contributed by atoms with Crippen LogP contribution >= 0.6 is 0 Å². The third-order valence-electron chi connectivity index (χ3n) is 3.68. The fourth-order valence-electron chi connectivity index (χ4n) is 2.74. The van der Waals surface area contributed by atoms with E-state index in [-0.39, 0.29) is 11.9 Å². The summed E-state index contributed by atoms with van der Waals surface area (Å²) in [7, 11) is 1.90. The molecule has 1 aliphatic rings. The van der Waals surface area contributed by atoms with Gasteiger partial charge in [0.25, 0.3) is 0 Å². The van der Waals surface area contributed by atoms with E-state index in [9.17, 15) is 4.79 Å². The van der Waals surface area contributed by atoms with E-state index in [0.717, 1.165) is 13.0 Å². The minimum atomic E-state index is -0.316. The Morgan fingerprint density at radius 1 is 1.29 bits per heavy atom. The number of carbonyl (C=O) groups excluding carboxylic acids is 1. The molecule has 0 saturated heterocycles. The van der Waals surface area contributed by atoms with Gasteiger partial charge in [0.2, 0.25) is 5.91 Å². The molecule has 0 aromatic rings. The third kappa shape index (κ3) is 5.07. The molecule has 1 atom stereocenters. The SMILES string of the molecule is CC(C)C[C@H](N)C(=O)N(C)CC1CCCCC1. The molecule has 1 fully saturated rings. The van der Waals surface area contributed by atoms with Crippen LogP contribution in [-0.2, 0) is 4.79 Å². The van der Waals surface area contributed by atoms with Crippen LogP contribution in [0.2, 0.25) is 0 Å². The van der Waals surface area contributed by atoms with E-state index in [2.05, 4.69) is 13.8 Å². The maximum Gasteiger partial charge on any atom is 0.239 e. The van der Waals surface area contributed by atoms with Gasteiger partial charge in [-0.2, -0.15) is 0 Å². The van der Waals surface area contributed by atoms with E-state index in [1.165, 1.54) is 32.1 Å². The van der Waals surface area contributed by atoms with Crippen LogP contribution in [-0.4, -0.2) is 30.4 Å². The lowest BCUT2D eigenvalue weighted by Gasteiger charge is -2.29. The van der Waals surface area contributed by atoms with Crippen molar-refractivity contribution in [2.45, 2.75) is 58.4 Å². The minimum absolute atomic E-state index is 0.115. The van der Waals surface area contributed by atoms with Crippen molar-refractivity contribution in [3.63, 3.8) is 0 Å². The second-order valence-corrected chi connectivity index (χ2v) is 5.96. The Morgan fingerprint density at radius 3 is 2.41 bits per heavy atom. The van der Waals surface area contributed by atoms with Crippen molar-refractivity contribution in [3.05, 3.63) is 0 Å². The van der Waals surface area contributed by atoms with Crippen LogP contribution in [0.15, 0.2) is 0 Å². The third-order valence-corrected chi connectivity index (χ3v) is 3.68. The molecule has 3 nitrogen and oxygen atoms in total. The van der Waals surface area contributed by atoms with Crippen LogP contribution in [0, 0.1) is 11.8 Å². The second-order valence-electron chi connectivity index (χ2n) is 5.96. The molecule has 0 aliphatic heterocycles. The van der Waals surface area contributed by atoms with Gasteiger partial charge in [0.05, 0.1) is 6.04 Å². The smallest absolute Gasteiger partial charge is 0.239 e. The summed E-state index contributed by atoms with van der Waals surface area (Å²) in [5, 5.41) is 0. The lowest BCUT2D eigenvalue weighted by Crippen LogP contribution is -2.44. The zero-order valence-corrected chi connectivity index (χ0v) is 11.6. The van der Waals surface area contributed by atoms with Crippen LogP contribution in [0.4, 0.5) is 0 Å². The molecular weight excluding hydrogens is 212 g/mol. The Labute approximate surface area is 106 Å². The standard InChI is InChI=1S/C14H28N2O/c1-11(2)9-13(15)14(17)16(3)10-12-7-5-4-6-8-12/h11-13H,4-10,15H2,1-3H3/t13-/m0/s1. The van der Waals surface area contributed by atoms with Crippen molar-refractivity contribution in [2.24, 2.45) is 17.6 Å². The lowest BCUT2D eigenvalue weighted by atomic mass is 9.89. The number of hydrogen-bond donors (Lipinski definition) is 1. The summed E-state index contributed by atoms with van der Waals surface area (Å²) >= 11 is 0. The molecular formula is C14H28N2O. The first kappa shape index (κ1) is 14.5. The molecule has 1 aliphatic carbocycles. The maximum absolute atomic E-state index is 12.1. The highest BCUT2D eigenvalue weighted by Crippen LogP contribution is 2.24. The van der Waals surface area contributed by atoms with Crippen molar-refractivity contribution in [2.75, 3.05) is 13.6 Å². The second kappa shape index (κ2) is 7.00. The molecule has 17 heavy (non-hydrogen) atoms. The van der Waals surface area contributed by atoms with Crippen molar-refractivity contribution in [1.29, 1.82) is 0 Å². The van der Waals surface area contributed by atoms with E-state index in [4.69, 9.17) is 5.73 Å². The van der Waals surface area contributed by atoms with E-state index in [0.29, 0.717) is 11.8 Å². The predicted molar refractivity (Wildman–Crippen MR) is 71.6 cm³/mol. The fraction of sp³-hybridized carbons (Fsp3) is 0.929. The molecule has 3 heteroatoms. The van der Waals surface area contributed by atoms with Crippen LogP contribution < -0.4 is 5.73 Å². The molecule has 0 bridgehead atoms. The van der Waals surface area contributed by atoms with Gasteiger partial charge in [0.1, 0.15) is 0 Å². The molecule has 1 rings (SSSR count). The van der Waals surface area contributed by atoms with Gasteiger partial charge in [0, 0.05) is 13.6 Å². The highest BCUT2D eigenvalue weighted by atomic mass is 16.2. The van der Waals surface area contributed by atoms with Crippen LogP contribution in [0.1, 0.15) is 52.4 Å². The van der Waals surface area contributed by atoms with E-state index in [1.54, 1.807) is 0 Å². The first-order chi connectivity index (χ1) is 8.00. The van der Waals surface area contributed by atoms with Crippen molar-refractivity contribution in [1.82, 2.24) is 4.90 Å². The zero-order valence-electron chi connectivity index (χ0n) is 11.6. The Morgan fingerprint density at radius 2 is 1.88 bits per heavy atom. The number of hydrogen-bond acceptors (Lipinski definition) is 2. The van der Waals surface area contributed by atoms with E-state index in [1.807, 2.05) is 11.9 Å². The molecule has 1 amide bonds. The van der Waals surface area contributed by atoms with Gasteiger partial charge in [-0.05, 0) is 31.1 Å². The quantitative estimate of drug-likeness (QED) is 0.802. The number of likely N-dealkylation sites (N-methyl/N-ethyl adjacent to an activating group) is 1. The Bertz CT molecular complexity index is 234. The average molecular weight is 240 g/mol. The van der Waals surface area contributed by atoms with Gasteiger partial charge in [0.15, 0.2) is 0 Å². The average Bonchev–Trinajstić information content (AvgIpc) is 2.28. The first-order valence-corrected chi connectivity index (χ1v) is 7.01. The summed E-state index contributed by atoms with van der Waals surface area (Å²) in [5.74, 6) is 1.30. The normalized spacial score (nSPS) is 19.4. The molecule has 0 radical (unpaired) electrons. The molecule has 1 saturated carbocycles. The van der Waals surface area contributed by atoms with Gasteiger partial charge >= 0.3 is 0 Å². The number of nitrogens with two attached hydrogens (primary N) is 1. The minimum Gasteiger partial charge on any atom is -0.344 e. The molecule has 0 aromatic carbocycles. The lowest BCUT2D eigenvalue weighted by molar-refractivity contribution is -0.132. The Balaban J connectivity index is 2.34. The van der Waals surface area contributed by atoms with E-state index >= 15 is 0 Å². The largest absolute Gasteiger partial charge is 0.344 e. The summed E-state index contributed by atoms with van der Waals surface area (Å²) in [5.41, 5.74) is 5.93. The molecule has 0 aromatic heterocycles. The van der Waals surface area contributed by atoms with Crippen molar-refractivity contribution in [3.8, 4) is 0 Å². The molecule has 0 spiro atoms. The highest BCUT2D eigenvalue weighted by molar-refractivity contribution is 5.81. The van der Waals surface area contributed by atoms with E-state index < -0.39 is 0 Å². The Hall–Kier alpha value is -0.570. The number of carbonyl (C=O) groups is 1. The van der Waals surface area contributed by atoms with Gasteiger partial charge in [-0.15, -0.1) is 0 Å².